The maximum atomic E-state index is 12.6. The molecule has 5 rings (SSSR count). The van der Waals surface area contributed by atoms with Crippen LogP contribution in [0.3, 0.4) is 0 Å². The third-order valence-corrected chi connectivity index (χ3v) is 5.99. The molecule has 0 saturated carbocycles. The minimum absolute atomic E-state index is 0.00751. The molecule has 2 atom stereocenters. The summed E-state index contributed by atoms with van der Waals surface area (Å²) in [6.07, 6.45) is 2.16. The molecular weight excluding hydrogens is 338 g/mol. The molecule has 0 bridgehead atoms. The van der Waals surface area contributed by atoms with Crippen LogP contribution in [-0.2, 0) is 16.0 Å². The second-order valence-electron chi connectivity index (χ2n) is 7.78. The van der Waals surface area contributed by atoms with Crippen molar-refractivity contribution in [1.82, 2.24) is 10.6 Å². The van der Waals surface area contributed by atoms with Crippen molar-refractivity contribution < 1.29 is 9.59 Å². The van der Waals surface area contributed by atoms with Crippen LogP contribution >= 0.6 is 0 Å². The van der Waals surface area contributed by atoms with Crippen LogP contribution in [0, 0.1) is 5.92 Å². The highest BCUT2D eigenvalue weighted by atomic mass is 16.2. The van der Waals surface area contributed by atoms with E-state index in [4.69, 9.17) is 0 Å². The predicted octanol–water partition coefficient (Wildman–Crippen LogP) is 2.09. The number of nitrogens with zero attached hydrogens (tertiary/aromatic N) is 1. The van der Waals surface area contributed by atoms with E-state index in [0.717, 1.165) is 31.6 Å². The molecule has 2 N–H and O–H groups in total. The van der Waals surface area contributed by atoms with Crippen LogP contribution in [0.4, 0.5) is 5.69 Å². The van der Waals surface area contributed by atoms with Gasteiger partial charge in [-0.2, -0.15) is 0 Å². The Morgan fingerprint density at radius 2 is 1.96 bits per heavy atom. The van der Waals surface area contributed by atoms with Crippen LogP contribution in [0.5, 0.6) is 0 Å². The largest absolute Gasteiger partial charge is 0.352 e. The monoisotopic (exact) mass is 361 g/mol. The smallest absolute Gasteiger partial charge is 0.227 e. The summed E-state index contributed by atoms with van der Waals surface area (Å²) in [4.78, 5) is 26.9. The number of amides is 2. The van der Waals surface area contributed by atoms with Crippen LogP contribution in [0.15, 0.2) is 42.5 Å². The molecule has 2 aliphatic heterocycles. The molecule has 2 heterocycles. The normalized spacial score (nSPS) is 23.4. The number of rotatable bonds is 3. The first kappa shape index (κ1) is 16.5. The van der Waals surface area contributed by atoms with Gasteiger partial charge in [-0.15, -0.1) is 0 Å². The standard InChI is InChI=1S/C22H23N3O2/c26-21-11-16(22(27)24-17-7-8-23-12-17)13-25(21)18-5-6-20-15(10-18)9-14-3-1-2-4-19(14)20/h1-6,10,16-17,23H,7-9,11-13H2,(H,24,27). The molecule has 5 heteroatoms. The summed E-state index contributed by atoms with van der Waals surface area (Å²) in [6.45, 7) is 2.23. The van der Waals surface area contributed by atoms with Gasteiger partial charge in [0.15, 0.2) is 0 Å². The molecule has 27 heavy (non-hydrogen) atoms. The number of anilines is 1. The fourth-order valence-electron chi connectivity index (χ4n) is 4.53. The number of carbonyl (C=O) groups excluding carboxylic acids is 2. The zero-order chi connectivity index (χ0) is 18.4. The molecule has 2 aromatic rings. The Hall–Kier alpha value is -2.66. The summed E-state index contributed by atoms with van der Waals surface area (Å²) in [5, 5.41) is 6.34. The molecule has 2 aromatic carbocycles. The Bertz CT molecular complexity index is 918. The van der Waals surface area contributed by atoms with E-state index in [1.807, 2.05) is 6.07 Å². The topological polar surface area (TPSA) is 61.4 Å². The van der Waals surface area contributed by atoms with E-state index < -0.39 is 0 Å². The highest BCUT2D eigenvalue weighted by Crippen LogP contribution is 2.39. The van der Waals surface area contributed by atoms with Crippen molar-refractivity contribution in [3.63, 3.8) is 0 Å². The number of fused-ring (bicyclic) bond motifs is 3. The Morgan fingerprint density at radius 1 is 1.11 bits per heavy atom. The van der Waals surface area contributed by atoms with Gasteiger partial charge in [-0.05, 0) is 53.8 Å². The predicted molar refractivity (Wildman–Crippen MR) is 105 cm³/mol. The molecule has 3 aliphatic rings. The highest BCUT2D eigenvalue weighted by molar-refractivity contribution is 6.00. The number of carbonyl (C=O) groups is 2. The minimum atomic E-state index is -0.261. The van der Waals surface area contributed by atoms with Crippen molar-refractivity contribution in [2.45, 2.75) is 25.3 Å². The van der Waals surface area contributed by atoms with Crippen LogP contribution in [0.1, 0.15) is 24.0 Å². The zero-order valence-electron chi connectivity index (χ0n) is 15.2. The number of nitrogens with one attached hydrogen (secondary N) is 2. The van der Waals surface area contributed by atoms with Crippen LogP contribution in [0.25, 0.3) is 11.1 Å². The summed E-state index contributed by atoms with van der Waals surface area (Å²) < 4.78 is 0. The van der Waals surface area contributed by atoms with Crippen molar-refractivity contribution in [3.8, 4) is 11.1 Å². The third kappa shape index (κ3) is 2.92. The maximum Gasteiger partial charge on any atom is 0.227 e. The molecule has 1 aliphatic carbocycles. The fraction of sp³-hybridized carbons (Fsp3) is 0.364. The average molecular weight is 361 g/mol. The van der Waals surface area contributed by atoms with Crippen molar-refractivity contribution >= 4 is 17.5 Å². The number of benzene rings is 2. The Labute approximate surface area is 158 Å². The van der Waals surface area contributed by atoms with Gasteiger partial charge in [0.25, 0.3) is 0 Å². The molecule has 2 unspecified atom stereocenters. The highest BCUT2D eigenvalue weighted by Gasteiger charge is 2.36. The van der Waals surface area contributed by atoms with Crippen LogP contribution < -0.4 is 15.5 Å². The van der Waals surface area contributed by atoms with E-state index in [9.17, 15) is 9.59 Å². The molecule has 0 spiro atoms. The summed E-state index contributed by atoms with van der Waals surface area (Å²) >= 11 is 0. The number of hydrogen-bond acceptors (Lipinski definition) is 3. The lowest BCUT2D eigenvalue weighted by molar-refractivity contribution is -0.126. The van der Waals surface area contributed by atoms with Gasteiger partial charge < -0.3 is 15.5 Å². The van der Waals surface area contributed by atoms with Gasteiger partial charge in [0.2, 0.25) is 11.8 Å². The van der Waals surface area contributed by atoms with E-state index in [0.29, 0.717) is 13.0 Å². The Morgan fingerprint density at radius 3 is 2.81 bits per heavy atom. The van der Waals surface area contributed by atoms with Gasteiger partial charge >= 0.3 is 0 Å². The molecule has 2 amide bonds. The van der Waals surface area contributed by atoms with Gasteiger partial charge in [-0.3, -0.25) is 9.59 Å². The lowest BCUT2D eigenvalue weighted by Crippen LogP contribution is -2.40. The molecular formula is C22H23N3O2. The van der Waals surface area contributed by atoms with E-state index in [-0.39, 0.29) is 23.8 Å². The summed E-state index contributed by atoms with van der Waals surface area (Å²) in [7, 11) is 0. The van der Waals surface area contributed by atoms with Gasteiger partial charge in [0, 0.05) is 31.2 Å². The van der Waals surface area contributed by atoms with Crippen molar-refractivity contribution in [3.05, 3.63) is 53.6 Å². The third-order valence-electron chi connectivity index (χ3n) is 5.99. The van der Waals surface area contributed by atoms with Gasteiger partial charge in [0.05, 0.1) is 5.92 Å². The van der Waals surface area contributed by atoms with Crippen LogP contribution in [0.2, 0.25) is 0 Å². The quantitative estimate of drug-likeness (QED) is 0.751. The number of hydrogen-bond donors (Lipinski definition) is 2. The molecule has 0 aromatic heterocycles. The van der Waals surface area contributed by atoms with Crippen molar-refractivity contribution in [1.29, 1.82) is 0 Å². The zero-order valence-corrected chi connectivity index (χ0v) is 15.2. The van der Waals surface area contributed by atoms with Gasteiger partial charge in [-0.25, -0.2) is 0 Å². The fourth-order valence-corrected chi connectivity index (χ4v) is 4.53. The lowest BCUT2D eigenvalue weighted by atomic mass is 10.1. The van der Waals surface area contributed by atoms with Crippen LogP contribution in [-0.4, -0.2) is 37.5 Å². The second kappa shape index (κ2) is 6.50. The first-order valence-electron chi connectivity index (χ1n) is 9.72. The van der Waals surface area contributed by atoms with Gasteiger partial charge in [0.1, 0.15) is 0 Å². The van der Waals surface area contributed by atoms with Gasteiger partial charge in [-0.1, -0.05) is 30.3 Å². The average Bonchev–Trinajstić information content (AvgIpc) is 3.39. The van der Waals surface area contributed by atoms with E-state index in [1.54, 1.807) is 4.90 Å². The maximum absolute atomic E-state index is 12.6. The van der Waals surface area contributed by atoms with E-state index >= 15 is 0 Å². The van der Waals surface area contributed by atoms with Crippen molar-refractivity contribution in [2.24, 2.45) is 5.92 Å². The lowest BCUT2D eigenvalue weighted by Gasteiger charge is -2.19. The minimum Gasteiger partial charge on any atom is -0.352 e. The Kier molecular flexibility index (Phi) is 3.97. The summed E-state index contributed by atoms with van der Waals surface area (Å²) in [5.41, 5.74) is 6.04. The molecule has 138 valence electrons. The first-order chi connectivity index (χ1) is 13.2. The molecule has 0 radical (unpaired) electrons. The Balaban J connectivity index is 1.33. The molecule has 5 nitrogen and oxygen atoms in total. The summed E-state index contributed by atoms with van der Waals surface area (Å²) in [6, 6.07) is 14.9. The summed E-state index contributed by atoms with van der Waals surface area (Å²) in [5.74, 6) is -0.216. The molecule has 2 fully saturated rings. The second-order valence-corrected chi connectivity index (χ2v) is 7.78. The molecule has 2 saturated heterocycles. The SMILES string of the molecule is O=C(NC1CCNC1)C1CC(=O)N(c2ccc3c(c2)Cc2ccccc2-3)C1. The van der Waals surface area contributed by atoms with E-state index in [1.165, 1.54) is 22.3 Å². The van der Waals surface area contributed by atoms with E-state index in [2.05, 4.69) is 47.0 Å². The van der Waals surface area contributed by atoms with Crippen molar-refractivity contribution in [2.75, 3.05) is 24.5 Å². The first-order valence-corrected chi connectivity index (χ1v) is 9.72.